The van der Waals surface area contributed by atoms with Crippen LogP contribution in [0.15, 0.2) is 12.7 Å². The van der Waals surface area contributed by atoms with E-state index in [1.54, 1.807) is 0 Å². The largest absolute Gasteiger partial charge is 0.376 e. The van der Waals surface area contributed by atoms with Crippen molar-refractivity contribution < 1.29 is 4.74 Å². The zero-order valence-corrected chi connectivity index (χ0v) is 6.61. The van der Waals surface area contributed by atoms with Gasteiger partial charge in [-0.1, -0.05) is 6.08 Å². The molecule has 0 saturated carbocycles. The molecule has 0 aliphatic heterocycles. The van der Waals surface area contributed by atoms with Crippen LogP contribution in [0.4, 0.5) is 0 Å². The molecule has 0 spiro atoms. The van der Waals surface area contributed by atoms with Crippen LogP contribution in [-0.4, -0.2) is 12.2 Å². The third-order valence-corrected chi connectivity index (χ3v) is 0.857. The first-order valence-electron chi connectivity index (χ1n) is 3.31. The zero-order valence-electron chi connectivity index (χ0n) is 6.61. The molecule has 1 nitrogen and oxygen atoms in total. The van der Waals surface area contributed by atoms with Gasteiger partial charge in [-0.2, -0.15) is 0 Å². The fourth-order valence-corrected chi connectivity index (χ4v) is 0.448. The second-order valence-electron chi connectivity index (χ2n) is 3.04. The van der Waals surface area contributed by atoms with E-state index >= 15 is 0 Å². The van der Waals surface area contributed by atoms with Gasteiger partial charge in [0.15, 0.2) is 0 Å². The highest BCUT2D eigenvalue weighted by atomic mass is 16.5. The van der Waals surface area contributed by atoms with Gasteiger partial charge in [-0.3, -0.25) is 0 Å². The number of hydrogen-bond acceptors (Lipinski definition) is 1. The monoisotopic (exact) mass is 128 g/mol. The van der Waals surface area contributed by atoms with Crippen LogP contribution in [0.1, 0.15) is 27.2 Å². The molecule has 0 bridgehead atoms. The second-order valence-corrected chi connectivity index (χ2v) is 3.04. The summed E-state index contributed by atoms with van der Waals surface area (Å²) >= 11 is 0. The summed E-state index contributed by atoms with van der Waals surface area (Å²) in [5.74, 6) is 0. The Morgan fingerprint density at radius 3 is 2.33 bits per heavy atom. The Balaban J connectivity index is 3.17. The van der Waals surface area contributed by atoms with Crippen molar-refractivity contribution >= 4 is 0 Å². The van der Waals surface area contributed by atoms with Crippen molar-refractivity contribution in [1.82, 2.24) is 0 Å². The second kappa shape index (κ2) is 3.67. The van der Waals surface area contributed by atoms with Gasteiger partial charge in [0.1, 0.15) is 0 Å². The Morgan fingerprint density at radius 2 is 2.00 bits per heavy atom. The maximum absolute atomic E-state index is 5.40. The lowest BCUT2D eigenvalue weighted by Gasteiger charge is -2.18. The number of ether oxygens (including phenoxy) is 1. The lowest BCUT2D eigenvalue weighted by atomic mass is 10.2. The fraction of sp³-hybridized carbons (Fsp3) is 0.750. The summed E-state index contributed by atoms with van der Waals surface area (Å²) in [5.41, 5.74) is 0.00299. The molecular formula is C8H16O. The predicted octanol–water partition coefficient (Wildman–Crippen LogP) is 2.38. The SMILES string of the molecule is C=CCCOC(C)(C)C. The van der Waals surface area contributed by atoms with Crippen LogP contribution < -0.4 is 0 Å². The van der Waals surface area contributed by atoms with Crippen molar-refractivity contribution in [3.8, 4) is 0 Å². The Labute approximate surface area is 57.7 Å². The molecule has 0 radical (unpaired) electrons. The van der Waals surface area contributed by atoms with Crippen LogP contribution in [0.3, 0.4) is 0 Å². The van der Waals surface area contributed by atoms with E-state index in [2.05, 4.69) is 27.4 Å². The third kappa shape index (κ3) is 7.70. The van der Waals surface area contributed by atoms with E-state index in [0.717, 1.165) is 13.0 Å². The van der Waals surface area contributed by atoms with Gasteiger partial charge in [0, 0.05) is 0 Å². The molecule has 0 aromatic carbocycles. The summed E-state index contributed by atoms with van der Waals surface area (Å²) in [6.45, 7) is 10.5. The molecule has 0 fully saturated rings. The summed E-state index contributed by atoms with van der Waals surface area (Å²) < 4.78 is 5.40. The molecule has 0 aromatic rings. The van der Waals surface area contributed by atoms with Crippen LogP contribution >= 0.6 is 0 Å². The van der Waals surface area contributed by atoms with E-state index in [0.29, 0.717) is 0 Å². The lowest BCUT2D eigenvalue weighted by molar-refractivity contribution is -0.0000773. The van der Waals surface area contributed by atoms with Crippen molar-refractivity contribution in [2.75, 3.05) is 6.61 Å². The first kappa shape index (κ1) is 8.70. The van der Waals surface area contributed by atoms with Crippen LogP contribution in [0.5, 0.6) is 0 Å². The molecule has 1 heteroatoms. The van der Waals surface area contributed by atoms with Crippen LogP contribution in [0.2, 0.25) is 0 Å². The standard InChI is InChI=1S/C8H16O/c1-5-6-7-9-8(2,3)4/h5H,1,6-7H2,2-4H3. The van der Waals surface area contributed by atoms with Gasteiger partial charge < -0.3 is 4.74 Å². The normalized spacial score (nSPS) is 11.4. The molecule has 0 amide bonds. The van der Waals surface area contributed by atoms with Crippen LogP contribution in [0, 0.1) is 0 Å². The van der Waals surface area contributed by atoms with Crippen LogP contribution in [0.25, 0.3) is 0 Å². The quantitative estimate of drug-likeness (QED) is 0.419. The molecule has 0 atom stereocenters. The average molecular weight is 128 g/mol. The van der Waals surface area contributed by atoms with Gasteiger partial charge in [0.2, 0.25) is 0 Å². The highest BCUT2D eigenvalue weighted by Crippen LogP contribution is 2.06. The first-order chi connectivity index (χ1) is 4.06. The van der Waals surface area contributed by atoms with Gasteiger partial charge in [-0.15, -0.1) is 6.58 Å². The molecule has 9 heavy (non-hydrogen) atoms. The van der Waals surface area contributed by atoms with E-state index in [-0.39, 0.29) is 5.60 Å². The molecule has 0 rings (SSSR count). The Morgan fingerprint density at radius 1 is 1.44 bits per heavy atom. The maximum atomic E-state index is 5.40. The van der Waals surface area contributed by atoms with Crippen molar-refractivity contribution in [1.29, 1.82) is 0 Å². The van der Waals surface area contributed by atoms with E-state index in [1.165, 1.54) is 0 Å². The molecule has 54 valence electrons. The van der Waals surface area contributed by atoms with Crippen LogP contribution in [-0.2, 0) is 4.74 Å². The lowest BCUT2D eigenvalue weighted by Crippen LogP contribution is -2.19. The van der Waals surface area contributed by atoms with E-state index in [4.69, 9.17) is 4.74 Å². The van der Waals surface area contributed by atoms with Crippen molar-refractivity contribution in [2.45, 2.75) is 32.8 Å². The summed E-state index contributed by atoms with van der Waals surface area (Å²) in [7, 11) is 0. The number of rotatable bonds is 3. The molecule has 0 aliphatic carbocycles. The van der Waals surface area contributed by atoms with E-state index in [1.807, 2.05) is 6.08 Å². The Kier molecular flexibility index (Phi) is 3.55. The van der Waals surface area contributed by atoms with Gasteiger partial charge in [0.25, 0.3) is 0 Å². The summed E-state index contributed by atoms with van der Waals surface area (Å²) in [6.07, 6.45) is 2.81. The highest BCUT2D eigenvalue weighted by molar-refractivity contribution is 4.67. The summed E-state index contributed by atoms with van der Waals surface area (Å²) in [4.78, 5) is 0. The van der Waals surface area contributed by atoms with Gasteiger partial charge in [-0.05, 0) is 27.2 Å². The predicted molar refractivity (Wildman–Crippen MR) is 40.5 cm³/mol. The van der Waals surface area contributed by atoms with Gasteiger partial charge >= 0.3 is 0 Å². The minimum Gasteiger partial charge on any atom is -0.376 e. The maximum Gasteiger partial charge on any atom is 0.0598 e. The third-order valence-electron chi connectivity index (χ3n) is 0.857. The summed E-state index contributed by atoms with van der Waals surface area (Å²) in [5, 5.41) is 0. The number of hydrogen-bond donors (Lipinski definition) is 0. The average Bonchev–Trinajstić information content (AvgIpc) is 1.63. The zero-order chi connectivity index (χ0) is 7.33. The smallest absolute Gasteiger partial charge is 0.0598 e. The molecular weight excluding hydrogens is 112 g/mol. The van der Waals surface area contributed by atoms with Gasteiger partial charge in [0.05, 0.1) is 12.2 Å². The Hall–Kier alpha value is -0.300. The molecule has 0 heterocycles. The van der Waals surface area contributed by atoms with Crippen molar-refractivity contribution in [3.05, 3.63) is 12.7 Å². The van der Waals surface area contributed by atoms with Crippen molar-refractivity contribution in [3.63, 3.8) is 0 Å². The molecule has 0 N–H and O–H groups in total. The summed E-state index contributed by atoms with van der Waals surface area (Å²) in [6, 6.07) is 0. The topological polar surface area (TPSA) is 9.23 Å². The molecule has 0 aliphatic rings. The van der Waals surface area contributed by atoms with E-state index in [9.17, 15) is 0 Å². The fourth-order valence-electron chi connectivity index (χ4n) is 0.448. The molecule has 0 saturated heterocycles. The minimum atomic E-state index is 0.00299. The Bertz CT molecular complexity index is 79.1. The minimum absolute atomic E-state index is 0.00299. The first-order valence-corrected chi connectivity index (χ1v) is 3.31. The highest BCUT2D eigenvalue weighted by Gasteiger charge is 2.07. The van der Waals surface area contributed by atoms with Gasteiger partial charge in [-0.25, -0.2) is 0 Å². The molecule has 0 unspecified atom stereocenters. The molecule has 0 aromatic heterocycles. The van der Waals surface area contributed by atoms with E-state index < -0.39 is 0 Å². The van der Waals surface area contributed by atoms with Crippen molar-refractivity contribution in [2.24, 2.45) is 0 Å².